The minimum absolute atomic E-state index is 0.232. The lowest BCUT2D eigenvalue weighted by Gasteiger charge is -2.29. The van der Waals surface area contributed by atoms with Crippen molar-refractivity contribution < 1.29 is 9.32 Å². The molecular weight excluding hydrogens is 264 g/mol. The van der Waals surface area contributed by atoms with E-state index in [0.29, 0.717) is 6.42 Å². The number of thioether (sulfide) groups is 1. The van der Waals surface area contributed by atoms with Crippen LogP contribution >= 0.6 is 11.8 Å². The van der Waals surface area contributed by atoms with Crippen molar-refractivity contribution in [2.45, 2.75) is 36.4 Å². The first-order valence-corrected chi connectivity index (χ1v) is 8.74. The highest BCUT2D eigenvalue weighted by molar-refractivity contribution is 8.12. The Bertz CT molecular complexity index is 408. The summed E-state index contributed by atoms with van der Waals surface area (Å²) in [7, 11) is -0.811. The van der Waals surface area contributed by atoms with E-state index in [1.807, 2.05) is 30.3 Å². The minimum atomic E-state index is -0.811. The first-order valence-electron chi connectivity index (χ1n) is 6.43. The third-order valence-electron chi connectivity index (χ3n) is 3.40. The summed E-state index contributed by atoms with van der Waals surface area (Å²) in [4.78, 5) is 0. The van der Waals surface area contributed by atoms with Gasteiger partial charge >= 0.3 is 0 Å². The molecule has 100 valence electrons. The van der Waals surface area contributed by atoms with Crippen LogP contribution in [0.1, 0.15) is 37.9 Å². The van der Waals surface area contributed by atoms with Crippen LogP contribution in [0.15, 0.2) is 30.3 Å². The summed E-state index contributed by atoms with van der Waals surface area (Å²) in [5.74, 6) is 1.74. The van der Waals surface area contributed by atoms with E-state index >= 15 is 0 Å². The summed E-state index contributed by atoms with van der Waals surface area (Å²) >= 11 is 1.76. The van der Waals surface area contributed by atoms with Crippen molar-refractivity contribution in [3.8, 4) is 0 Å². The molecule has 0 bridgehead atoms. The molecule has 0 saturated carbocycles. The highest BCUT2D eigenvalue weighted by atomic mass is 32.2. The van der Waals surface area contributed by atoms with Crippen molar-refractivity contribution in [1.29, 1.82) is 0 Å². The Balaban J connectivity index is 2.12. The van der Waals surface area contributed by atoms with Gasteiger partial charge in [-0.15, -0.1) is 11.8 Å². The number of hydrogen-bond acceptors (Lipinski definition) is 3. The van der Waals surface area contributed by atoms with Gasteiger partial charge in [0.05, 0.1) is 10.2 Å². The van der Waals surface area contributed by atoms with Gasteiger partial charge in [-0.05, 0) is 24.2 Å². The zero-order valence-electron chi connectivity index (χ0n) is 10.7. The average Bonchev–Trinajstić information content (AvgIpc) is 2.72. The molecule has 1 aromatic carbocycles. The van der Waals surface area contributed by atoms with E-state index in [9.17, 15) is 9.32 Å². The first-order chi connectivity index (χ1) is 8.68. The quantitative estimate of drug-likeness (QED) is 0.903. The Morgan fingerprint density at radius 3 is 2.72 bits per heavy atom. The molecule has 0 aliphatic carbocycles. The predicted molar refractivity (Wildman–Crippen MR) is 79.1 cm³/mol. The standard InChI is InChI=1S/C14H20O2S2/c1-2-17-14(9-6-10-18(14)16)11-13(15)12-7-4-3-5-8-12/h3-5,7-8,13,15H,2,6,9-11H2,1H3/t13-,14+,18?/m0/s1. The smallest absolute Gasteiger partial charge is 0.0936 e. The maximum atomic E-state index is 12.2. The van der Waals surface area contributed by atoms with Crippen molar-refractivity contribution in [3.05, 3.63) is 35.9 Å². The van der Waals surface area contributed by atoms with Gasteiger partial charge in [-0.3, -0.25) is 4.21 Å². The van der Waals surface area contributed by atoms with E-state index in [4.69, 9.17) is 0 Å². The lowest BCUT2D eigenvalue weighted by molar-refractivity contribution is 0.162. The summed E-state index contributed by atoms with van der Waals surface area (Å²) in [6.45, 7) is 2.09. The molecule has 4 heteroatoms. The summed E-state index contributed by atoms with van der Waals surface area (Å²) < 4.78 is 12.0. The second-order valence-corrected chi connectivity index (χ2v) is 8.41. The number of aliphatic hydroxyl groups is 1. The monoisotopic (exact) mass is 284 g/mol. The van der Waals surface area contributed by atoms with Gasteiger partial charge < -0.3 is 5.11 Å². The van der Waals surface area contributed by atoms with Crippen molar-refractivity contribution >= 4 is 22.6 Å². The van der Waals surface area contributed by atoms with Gasteiger partial charge in [-0.1, -0.05) is 37.3 Å². The van der Waals surface area contributed by atoms with E-state index in [1.54, 1.807) is 11.8 Å². The largest absolute Gasteiger partial charge is 0.388 e. The molecule has 1 N–H and O–H groups in total. The van der Waals surface area contributed by atoms with Crippen molar-refractivity contribution in [2.24, 2.45) is 0 Å². The van der Waals surface area contributed by atoms with Gasteiger partial charge in [0, 0.05) is 23.0 Å². The van der Waals surface area contributed by atoms with Gasteiger partial charge in [0.25, 0.3) is 0 Å². The van der Waals surface area contributed by atoms with Crippen LogP contribution in [0.2, 0.25) is 0 Å². The minimum Gasteiger partial charge on any atom is -0.388 e. The van der Waals surface area contributed by atoms with E-state index in [-0.39, 0.29) is 4.08 Å². The number of rotatable bonds is 5. The number of aliphatic hydroxyl groups excluding tert-OH is 1. The molecule has 1 heterocycles. The van der Waals surface area contributed by atoms with Gasteiger partial charge in [0.15, 0.2) is 0 Å². The maximum Gasteiger partial charge on any atom is 0.0936 e. The van der Waals surface area contributed by atoms with Crippen LogP contribution in [0.3, 0.4) is 0 Å². The van der Waals surface area contributed by atoms with E-state index < -0.39 is 16.9 Å². The fourth-order valence-electron chi connectivity index (χ4n) is 2.51. The average molecular weight is 284 g/mol. The van der Waals surface area contributed by atoms with Gasteiger partial charge in [-0.2, -0.15) is 0 Å². The lowest BCUT2D eigenvalue weighted by Crippen LogP contribution is -2.29. The summed E-state index contributed by atoms with van der Waals surface area (Å²) in [6, 6.07) is 9.69. The summed E-state index contributed by atoms with van der Waals surface area (Å²) in [5.41, 5.74) is 0.928. The second-order valence-electron chi connectivity index (χ2n) is 4.63. The van der Waals surface area contributed by atoms with Crippen LogP contribution in [0.5, 0.6) is 0 Å². The molecule has 18 heavy (non-hydrogen) atoms. The number of hydrogen-bond donors (Lipinski definition) is 1. The highest BCUT2D eigenvalue weighted by Crippen LogP contribution is 2.45. The fraction of sp³-hybridized carbons (Fsp3) is 0.571. The van der Waals surface area contributed by atoms with Crippen molar-refractivity contribution in [1.82, 2.24) is 0 Å². The fourth-order valence-corrected chi connectivity index (χ4v) is 6.23. The van der Waals surface area contributed by atoms with Gasteiger partial charge in [0.1, 0.15) is 0 Å². The normalized spacial score (nSPS) is 29.3. The van der Waals surface area contributed by atoms with Gasteiger partial charge in [0.2, 0.25) is 0 Å². The van der Waals surface area contributed by atoms with E-state index in [2.05, 4.69) is 6.92 Å². The third-order valence-corrected chi connectivity index (χ3v) is 7.36. The van der Waals surface area contributed by atoms with Crippen LogP contribution in [0, 0.1) is 0 Å². The molecule has 1 aromatic rings. The molecule has 1 aliphatic heterocycles. The Labute approximate surface area is 116 Å². The van der Waals surface area contributed by atoms with Crippen LogP contribution in [0.4, 0.5) is 0 Å². The highest BCUT2D eigenvalue weighted by Gasteiger charge is 2.42. The van der Waals surface area contributed by atoms with Crippen LogP contribution < -0.4 is 0 Å². The van der Waals surface area contributed by atoms with Crippen molar-refractivity contribution in [2.75, 3.05) is 11.5 Å². The number of benzene rings is 1. The zero-order chi connectivity index (χ0) is 13.0. The zero-order valence-corrected chi connectivity index (χ0v) is 12.3. The molecule has 1 aliphatic rings. The molecule has 1 fully saturated rings. The Morgan fingerprint density at radius 2 is 2.17 bits per heavy atom. The molecule has 1 unspecified atom stereocenters. The van der Waals surface area contributed by atoms with Crippen LogP contribution in [-0.4, -0.2) is 24.9 Å². The molecule has 0 spiro atoms. The SMILES string of the molecule is CCS[C@]1(C[C@H](O)c2ccccc2)CCCS1=O. The van der Waals surface area contributed by atoms with E-state index in [1.165, 1.54) is 0 Å². The van der Waals surface area contributed by atoms with E-state index in [0.717, 1.165) is 29.9 Å². The molecule has 2 rings (SSSR count). The summed E-state index contributed by atoms with van der Waals surface area (Å²) in [5, 5.41) is 10.3. The summed E-state index contributed by atoms with van der Waals surface area (Å²) in [6.07, 6.45) is 2.07. The van der Waals surface area contributed by atoms with Crippen LogP contribution in [0.25, 0.3) is 0 Å². The predicted octanol–water partition coefficient (Wildman–Crippen LogP) is 3.10. The lowest BCUT2D eigenvalue weighted by atomic mass is 10.0. The third kappa shape index (κ3) is 2.98. The Kier molecular flexibility index (Phi) is 4.87. The molecule has 0 radical (unpaired) electrons. The van der Waals surface area contributed by atoms with Gasteiger partial charge in [-0.25, -0.2) is 0 Å². The van der Waals surface area contributed by atoms with Crippen molar-refractivity contribution in [3.63, 3.8) is 0 Å². The molecule has 0 aromatic heterocycles. The molecule has 3 atom stereocenters. The Morgan fingerprint density at radius 1 is 1.44 bits per heavy atom. The topological polar surface area (TPSA) is 37.3 Å². The molecule has 2 nitrogen and oxygen atoms in total. The first kappa shape index (κ1) is 14.1. The maximum absolute atomic E-state index is 12.2. The molecular formula is C14H20O2S2. The second kappa shape index (κ2) is 6.22. The Hall–Kier alpha value is -0.320. The molecule has 1 saturated heterocycles. The van der Waals surface area contributed by atoms with Crippen LogP contribution in [-0.2, 0) is 10.8 Å². The molecule has 0 amide bonds.